The molecule has 0 spiro atoms. The highest BCUT2D eigenvalue weighted by Gasteiger charge is 2.95. The molecule has 0 bridgehead atoms. The second-order valence-corrected chi connectivity index (χ2v) is 5.11. The van der Waals surface area contributed by atoms with Gasteiger partial charge in [0.15, 0.2) is 0 Å². The van der Waals surface area contributed by atoms with Gasteiger partial charge in [0, 0.05) is 0 Å². The molecule has 179 valence electrons. The molecule has 0 aromatic rings. The van der Waals surface area contributed by atoms with Crippen LogP contribution in [-0.2, 0) is 5.11 Å². The molecule has 0 heterocycles. The van der Waals surface area contributed by atoms with Crippen molar-refractivity contribution in [3.63, 3.8) is 0 Å². The minimum atomic E-state index is -8.92. The molecule has 0 rings (SSSR count). The monoisotopic (exact) mass is 497 g/mol. The third-order valence-electron chi connectivity index (χ3n) is 3.17. The van der Waals surface area contributed by atoms with Crippen LogP contribution in [0.5, 0.6) is 0 Å². The third-order valence-corrected chi connectivity index (χ3v) is 3.17. The van der Waals surface area contributed by atoms with E-state index in [9.17, 15) is 88.5 Å². The SMILES string of the molecule is [O]C(F)(F)C(F)(F)C(F)(F)C(F)(F)C(F)(F)C(F)(F)C(F)(F)C(F)(F)C(F)=C(F)F. The van der Waals surface area contributed by atoms with E-state index in [1.807, 2.05) is 0 Å². The van der Waals surface area contributed by atoms with E-state index >= 15 is 0 Å². The molecule has 0 amide bonds. The van der Waals surface area contributed by atoms with Gasteiger partial charge < -0.3 is 0 Å². The molecular formula is C10F19O. The van der Waals surface area contributed by atoms with E-state index in [4.69, 9.17) is 0 Å². The second kappa shape index (κ2) is 6.94. The Labute approximate surface area is 149 Å². The molecule has 0 aliphatic rings. The zero-order valence-corrected chi connectivity index (χ0v) is 12.6. The number of rotatable bonds is 8. The third kappa shape index (κ3) is 3.33. The summed E-state index contributed by atoms with van der Waals surface area (Å²) >= 11 is 0. The smallest absolute Gasteiger partial charge is 0.199 e. The van der Waals surface area contributed by atoms with Gasteiger partial charge in [-0.25, -0.2) is 0 Å². The van der Waals surface area contributed by atoms with Crippen molar-refractivity contribution in [3.8, 4) is 0 Å². The molecule has 1 nitrogen and oxygen atoms in total. The van der Waals surface area contributed by atoms with Crippen molar-refractivity contribution in [2.45, 2.75) is 47.6 Å². The average Bonchev–Trinajstić information content (AvgIpc) is 2.51. The predicted octanol–water partition coefficient (Wildman–Crippen LogP) is 6.53. The fourth-order valence-corrected chi connectivity index (χ4v) is 1.43. The Morgan fingerprint density at radius 2 is 0.633 bits per heavy atom. The molecule has 0 atom stereocenters. The van der Waals surface area contributed by atoms with Crippen LogP contribution < -0.4 is 0 Å². The van der Waals surface area contributed by atoms with E-state index in [1.165, 1.54) is 0 Å². The average molecular weight is 497 g/mol. The van der Waals surface area contributed by atoms with Crippen LogP contribution >= 0.6 is 0 Å². The van der Waals surface area contributed by atoms with Gasteiger partial charge in [-0.2, -0.15) is 88.5 Å². The number of alkyl halides is 16. The maximum Gasteiger partial charge on any atom is 0.452 e. The van der Waals surface area contributed by atoms with E-state index in [0.717, 1.165) is 0 Å². The Kier molecular flexibility index (Phi) is 6.56. The van der Waals surface area contributed by atoms with Crippen molar-refractivity contribution < 1.29 is 88.5 Å². The summed E-state index contributed by atoms with van der Waals surface area (Å²) < 4.78 is 240. The zero-order chi connectivity index (χ0) is 25.2. The van der Waals surface area contributed by atoms with Gasteiger partial charge >= 0.3 is 53.6 Å². The molecule has 1 radical (unpaired) electrons. The molecule has 0 aliphatic heterocycles. The Bertz CT molecular complexity index is 678. The summed E-state index contributed by atoms with van der Waals surface area (Å²) in [6, 6.07) is 0. The lowest BCUT2D eigenvalue weighted by Crippen LogP contribution is -2.74. The Morgan fingerprint density at radius 3 is 0.867 bits per heavy atom. The maximum absolute atomic E-state index is 13.1. The van der Waals surface area contributed by atoms with Crippen molar-refractivity contribution in [1.29, 1.82) is 0 Å². The van der Waals surface area contributed by atoms with Crippen molar-refractivity contribution in [2.24, 2.45) is 0 Å². The van der Waals surface area contributed by atoms with Crippen molar-refractivity contribution in [2.75, 3.05) is 0 Å². The summed E-state index contributed by atoms with van der Waals surface area (Å²) in [4.78, 5) is 0. The van der Waals surface area contributed by atoms with Crippen LogP contribution in [0.1, 0.15) is 0 Å². The van der Waals surface area contributed by atoms with E-state index in [-0.39, 0.29) is 0 Å². The molecule has 0 fully saturated rings. The second-order valence-electron chi connectivity index (χ2n) is 5.11. The van der Waals surface area contributed by atoms with Gasteiger partial charge in [0.05, 0.1) is 0 Å². The lowest BCUT2D eigenvalue weighted by atomic mass is 9.88. The predicted molar refractivity (Wildman–Crippen MR) is 50.6 cm³/mol. The molecule has 30 heavy (non-hydrogen) atoms. The number of hydrogen-bond donors (Lipinski definition) is 0. The van der Waals surface area contributed by atoms with Crippen LogP contribution in [0.15, 0.2) is 11.9 Å². The molecular weight excluding hydrogens is 497 g/mol. The molecule has 0 aromatic heterocycles. The normalized spacial score (nSPS) is 16.0. The lowest BCUT2D eigenvalue weighted by Gasteiger charge is -2.42. The van der Waals surface area contributed by atoms with Gasteiger partial charge in [-0.05, 0) is 0 Å². The first-order valence-corrected chi connectivity index (χ1v) is 6.04. The van der Waals surface area contributed by atoms with Gasteiger partial charge in [0.25, 0.3) is 0 Å². The fraction of sp³-hybridized carbons (Fsp3) is 0.800. The minimum absolute atomic E-state index is 4.62. The molecule has 20 heteroatoms. The highest BCUT2D eigenvalue weighted by Crippen LogP contribution is 2.64. The Morgan fingerprint density at radius 1 is 0.400 bits per heavy atom. The lowest BCUT2D eigenvalue weighted by molar-refractivity contribution is -0.474. The van der Waals surface area contributed by atoms with E-state index in [0.29, 0.717) is 0 Å². The van der Waals surface area contributed by atoms with Crippen LogP contribution in [0.25, 0.3) is 0 Å². The van der Waals surface area contributed by atoms with Crippen molar-refractivity contribution in [3.05, 3.63) is 11.9 Å². The molecule has 0 N–H and O–H groups in total. The molecule has 0 saturated heterocycles. The van der Waals surface area contributed by atoms with Crippen LogP contribution in [-0.4, -0.2) is 47.6 Å². The Hall–Kier alpha value is -1.63. The van der Waals surface area contributed by atoms with Crippen LogP contribution in [0, 0.1) is 0 Å². The highest BCUT2D eigenvalue weighted by atomic mass is 19.4. The van der Waals surface area contributed by atoms with Crippen molar-refractivity contribution in [1.82, 2.24) is 0 Å². The van der Waals surface area contributed by atoms with Gasteiger partial charge in [-0.15, -0.1) is 0 Å². The first kappa shape index (κ1) is 28.4. The summed E-state index contributed by atoms with van der Waals surface area (Å²) in [5.74, 6) is -64.8. The number of allylic oxidation sites excluding steroid dienone is 1. The molecule has 0 aliphatic carbocycles. The highest BCUT2D eigenvalue weighted by molar-refractivity contribution is 5.20. The Balaban J connectivity index is 6.89. The van der Waals surface area contributed by atoms with Crippen molar-refractivity contribution >= 4 is 0 Å². The number of hydrogen-bond acceptors (Lipinski definition) is 0. The van der Waals surface area contributed by atoms with Gasteiger partial charge in [-0.3, -0.25) is 0 Å². The largest absolute Gasteiger partial charge is 0.452 e. The van der Waals surface area contributed by atoms with E-state index in [2.05, 4.69) is 0 Å². The topological polar surface area (TPSA) is 19.9 Å². The minimum Gasteiger partial charge on any atom is -0.199 e. The summed E-state index contributed by atoms with van der Waals surface area (Å²) in [6.07, 6.45) is -12.3. The molecule has 0 saturated carbocycles. The summed E-state index contributed by atoms with van der Waals surface area (Å²) in [6.45, 7) is 0. The molecule has 0 unspecified atom stereocenters. The summed E-state index contributed by atoms with van der Waals surface area (Å²) in [5, 5.41) is 9.58. The fourth-order valence-electron chi connectivity index (χ4n) is 1.43. The van der Waals surface area contributed by atoms with Gasteiger partial charge in [-0.1, -0.05) is 0 Å². The van der Waals surface area contributed by atoms with Gasteiger partial charge in [0.2, 0.25) is 5.83 Å². The summed E-state index contributed by atoms with van der Waals surface area (Å²) in [5.41, 5.74) is 0. The van der Waals surface area contributed by atoms with E-state index in [1.54, 1.807) is 0 Å². The molecule has 0 aromatic carbocycles. The van der Waals surface area contributed by atoms with Crippen LogP contribution in [0.4, 0.5) is 83.4 Å². The quantitative estimate of drug-likeness (QED) is 0.340. The zero-order valence-electron chi connectivity index (χ0n) is 12.6. The van der Waals surface area contributed by atoms with Crippen LogP contribution in [0.2, 0.25) is 0 Å². The first-order chi connectivity index (χ1) is 12.6. The van der Waals surface area contributed by atoms with Gasteiger partial charge in [0.1, 0.15) is 0 Å². The maximum atomic E-state index is 13.1. The van der Waals surface area contributed by atoms with Crippen LogP contribution in [0.3, 0.4) is 0 Å². The summed E-state index contributed by atoms with van der Waals surface area (Å²) in [7, 11) is 0. The standard InChI is InChI=1S/C10F19O/c11-1(2(12)13)3(14,15)4(16,17)5(18,19)6(20,21)7(22,23)8(24,25)9(26,27)10(28,29)30. The first-order valence-electron chi connectivity index (χ1n) is 6.04. The number of halogens is 19. The van der Waals surface area contributed by atoms with E-state index < -0.39 is 59.5 Å².